The molecule has 0 aromatic rings. The van der Waals surface area contributed by atoms with E-state index in [9.17, 15) is 0 Å². The highest BCUT2D eigenvalue weighted by atomic mass is 16.3. The Hall–Kier alpha value is -0.0800. The van der Waals surface area contributed by atoms with Crippen molar-refractivity contribution in [1.82, 2.24) is 5.73 Å². The van der Waals surface area contributed by atoms with Crippen molar-refractivity contribution in [2.75, 3.05) is 6.61 Å². The highest BCUT2D eigenvalue weighted by molar-refractivity contribution is 4.85. The number of aliphatic hydroxyl groups is 1. The topological polar surface area (TPSA) is 44.0 Å². The summed E-state index contributed by atoms with van der Waals surface area (Å²) in [5.41, 5.74) is 7.59. The maximum absolute atomic E-state index is 8.66. The molecule has 0 amide bonds. The van der Waals surface area contributed by atoms with Gasteiger partial charge in [0.25, 0.3) is 0 Å². The molecule has 1 aliphatic carbocycles. The molecule has 1 rings (SSSR count). The van der Waals surface area contributed by atoms with Crippen LogP contribution in [0.1, 0.15) is 38.5 Å². The molecule has 0 aromatic carbocycles. The average molecular weight is 142 g/mol. The Kier molecular flexibility index (Phi) is 2.69. The molecule has 1 saturated carbocycles. The Morgan fingerprint density at radius 3 is 2.30 bits per heavy atom. The molecule has 1 radical (unpaired) electrons. The lowest BCUT2D eigenvalue weighted by atomic mass is 9.80. The van der Waals surface area contributed by atoms with Crippen molar-refractivity contribution in [3.05, 3.63) is 0 Å². The molecule has 0 atom stereocenters. The zero-order valence-electron chi connectivity index (χ0n) is 6.40. The van der Waals surface area contributed by atoms with Crippen LogP contribution in [0.15, 0.2) is 0 Å². The van der Waals surface area contributed by atoms with E-state index in [-0.39, 0.29) is 12.1 Å². The van der Waals surface area contributed by atoms with E-state index < -0.39 is 0 Å². The van der Waals surface area contributed by atoms with E-state index in [4.69, 9.17) is 10.8 Å². The lowest BCUT2D eigenvalue weighted by Crippen LogP contribution is -2.34. The Morgan fingerprint density at radius 1 is 1.20 bits per heavy atom. The molecule has 2 heteroatoms. The maximum atomic E-state index is 8.66. The summed E-state index contributed by atoms with van der Waals surface area (Å²) in [7, 11) is 0. The van der Waals surface area contributed by atoms with Crippen molar-refractivity contribution in [3.63, 3.8) is 0 Å². The third kappa shape index (κ3) is 1.96. The van der Waals surface area contributed by atoms with Gasteiger partial charge in [0.15, 0.2) is 0 Å². The SMILES string of the molecule is [NH]C1(CCO)CCCCC1. The van der Waals surface area contributed by atoms with E-state index in [1.165, 1.54) is 19.3 Å². The number of hydrogen-bond acceptors (Lipinski definition) is 1. The Balaban J connectivity index is 2.32. The van der Waals surface area contributed by atoms with E-state index in [0.29, 0.717) is 6.42 Å². The number of aliphatic hydroxyl groups excluding tert-OH is 1. The highest BCUT2D eigenvalue weighted by Gasteiger charge is 2.27. The van der Waals surface area contributed by atoms with Crippen LogP contribution in [0.3, 0.4) is 0 Å². The van der Waals surface area contributed by atoms with Crippen LogP contribution < -0.4 is 5.73 Å². The van der Waals surface area contributed by atoms with Gasteiger partial charge in [-0.1, -0.05) is 19.3 Å². The van der Waals surface area contributed by atoms with Gasteiger partial charge < -0.3 is 5.11 Å². The molecule has 0 bridgehead atoms. The van der Waals surface area contributed by atoms with Gasteiger partial charge in [0, 0.05) is 12.1 Å². The second-order valence-corrected chi connectivity index (χ2v) is 3.31. The predicted octanol–water partition coefficient (Wildman–Crippen LogP) is 1.35. The molecule has 2 nitrogen and oxygen atoms in total. The van der Waals surface area contributed by atoms with Crippen LogP contribution in [0.25, 0.3) is 0 Å². The van der Waals surface area contributed by atoms with E-state index in [1.54, 1.807) is 0 Å². The van der Waals surface area contributed by atoms with Gasteiger partial charge in [-0.3, -0.25) is 5.73 Å². The van der Waals surface area contributed by atoms with Crippen LogP contribution in [0.2, 0.25) is 0 Å². The molecule has 10 heavy (non-hydrogen) atoms. The van der Waals surface area contributed by atoms with Crippen molar-refractivity contribution < 1.29 is 5.11 Å². The second-order valence-electron chi connectivity index (χ2n) is 3.31. The largest absolute Gasteiger partial charge is 0.396 e. The van der Waals surface area contributed by atoms with Crippen LogP contribution in [-0.2, 0) is 0 Å². The molecular weight excluding hydrogens is 126 g/mol. The summed E-state index contributed by atoms with van der Waals surface area (Å²) in [5, 5.41) is 8.66. The molecule has 1 fully saturated rings. The Bertz CT molecular complexity index is 91.9. The van der Waals surface area contributed by atoms with Crippen LogP contribution >= 0.6 is 0 Å². The van der Waals surface area contributed by atoms with Gasteiger partial charge >= 0.3 is 0 Å². The summed E-state index contributed by atoms with van der Waals surface area (Å²) < 4.78 is 0. The van der Waals surface area contributed by atoms with Crippen molar-refractivity contribution in [2.45, 2.75) is 44.1 Å². The van der Waals surface area contributed by atoms with Gasteiger partial charge in [-0.25, -0.2) is 0 Å². The quantitative estimate of drug-likeness (QED) is 0.621. The summed E-state index contributed by atoms with van der Waals surface area (Å²) in [4.78, 5) is 0. The zero-order chi connectivity index (χ0) is 7.45. The van der Waals surface area contributed by atoms with E-state index >= 15 is 0 Å². The summed E-state index contributed by atoms with van der Waals surface area (Å²) >= 11 is 0. The maximum Gasteiger partial charge on any atom is 0.0449 e. The van der Waals surface area contributed by atoms with Gasteiger partial charge in [-0.05, 0) is 19.3 Å². The first-order valence-corrected chi connectivity index (χ1v) is 4.13. The molecule has 0 aromatic heterocycles. The molecule has 1 aliphatic rings. The Labute approximate surface area is 62.4 Å². The molecule has 0 spiro atoms. The first-order chi connectivity index (χ1) is 4.77. The first kappa shape index (κ1) is 8.02. The molecule has 2 N–H and O–H groups in total. The average Bonchev–Trinajstić information content (AvgIpc) is 1.89. The normalized spacial score (nSPS) is 24.6. The van der Waals surface area contributed by atoms with Crippen molar-refractivity contribution in [3.8, 4) is 0 Å². The first-order valence-electron chi connectivity index (χ1n) is 4.13. The molecule has 0 saturated heterocycles. The minimum absolute atomic E-state index is 0.184. The number of nitrogens with one attached hydrogen (secondary N) is 1. The zero-order valence-corrected chi connectivity index (χ0v) is 6.40. The van der Waals surface area contributed by atoms with Crippen LogP contribution in [0.4, 0.5) is 0 Å². The summed E-state index contributed by atoms with van der Waals surface area (Å²) in [5.74, 6) is 0. The van der Waals surface area contributed by atoms with Crippen molar-refractivity contribution >= 4 is 0 Å². The lowest BCUT2D eigenvalue weighted by molar-refractivity contribution is 0.196. The molecule has 0 aliphatic heterocycles. The van der Waals surface area contributed by atoms with Crippen LogP contribution in [0.5, 0.6) is 0 Å². The standard InChI is InChI=1S/C8H16NO/c9-8(6-7-10)4-2-1-3-5-8/h9-10H,1-7H2. The number of hydrogen-bond donors (Lipinski definition) is 1. The van der Waals surface area contributed by atoms with Gasteiger partial charge in [0.2, 0.25) is 0 Å². The summed E-state index contributed by atoms with van der Waals surface area (Å²) in [6, 6.07) is 0. The van der Waals surface area contributed by atoms with Gasteiger partial charge in [0.1, 0.15) is 0 Å². The fourth-order valence-electron chi connectivity index (χ4n) is 1.69. The van der Waals surface area contributed by atoms with E-state index in [1.807, 2.05) is 0 Å². The fourth-order valence-corrected chi connectivity index (χ4v) is 1.69. The van der Waals surface area contributed by atoms with Crippen LogP contribution in [0, 0.1) is 0 Å². The van der Waals surface area contributed by atoms with Crippen LogP contribution in [-0.4, -0.2) is 17.3 Å². The van der Waals surface area contributed by atoms with Crippen molar-refractivity contribution in [2.24, 2.45) is 0 Å². The second kappa shape index (κ2) is 3.35. The predicted molar refractivity (Wildman–Crippen MR) is 40.6 cm³/mol. The highest BCUT2D eigenvalue weighted by Crippen LogP contribution is 2.29. The summed E-state index contributed by atoms with van der Waals surface area (Å²) in [6.07, 6.45) is 6.31. The van der Waals surface area contributed by atoms with E-state index in [2.05, 4.69) is 0 Å². The molecular formula is C8H16NO. The monoisotopic (exact) mass is 142 g/mol. The third-order valence-corrected chi connectivity index (χ3v) is 2.40. The smallest absolute Gasteiger partial charge is 0.0449 e. The lowest BCUT2D eigenvalue weighted by Gasteiger charge is -2.31. The number of rotatable bonds is 2. The van der Waals surface area contributed by atoms with Gasteiger partial charge in [0.05, 0.1) is 0 Å². The van der Waals surface area contributed by atoms with Crippen molar-refractivity contribution in [1.29, 1.82) is 0 Å². The molecule has 59 valence electrons. The Morgan fingerprint density at radius 2 is 1.80 bits per heavy atom. The molecule has 0 unspecified atom stereocenters. The minimum Gasteiger partial charge on any atom is -0.396 e. The minimum atomic E-state index is -0.271. The van der Waals surface area contributed by atoms with E-state index in [0.717, 1.165) is 12.8 Å². The summed E-state index contributed by atoms with van der Waals surface area (Å²) in [6.45, 7) is 0.184. The van der Waals surface area contributed by atoms with Gasteiger partial charge in [-0.2, -0.15) is 0 Å². The fraction of sp³-hybridized carbons (Fsp3) is 1.00. The third-order valence-electron chi connectivity index (χ3n) is 2.40. The molecule has 0 heterocycles. The van der Waals surface area contributed by atoms with Gasteiger partial charge in [-0.15, -0.1) is 0 Å².